The number of benzene rings is 1. The lowest BCUT2D eigenvalue weighted by molar-refractivity contribution is 0.171. The first-order valence-corrected chi connectivity index (χ1v) is 8.25. The van der Waals surface area contributed by atoms with Crippen LogP contribution in [-0.4, -0.2) is 20.3 Å². The topological polar surface area (TPSA) is 30.5 Å². The minimum atomic E-state index is 0.0210. The third-order valence-corrected chi connectivity index (χ3v) is 5.28. The highest BCUT2D eigenvalue weighted by atomic mass is 79.9. The molecule has 1 N–H and O–H groups in total. The molecule has 6 heteroatoms. The van der Waals surface area contributed by atoms with Crippen molar-refractivity contribution in [1.82, 2.24) is 5.32 Å². The molecule has 2 aromatic rings. The van der Waals surface area contributed by atoms with Crippen LogP contribution in [0.2, 0.25) is 5.02 Å². The number of hydrogen-bond donors (Lipinski definition) is 1. The molecule has 106 valence electrons. The molecule has 1 aliphatic rings. The zero-order valence-electron chi connectivity index (χ0n) is 10.8. The first-order valence-electron chi connectivity index (χ1n) is 6.20. The average molecular weight is 375 g/mol. The summed E-state index contributed by atoms with van der Waals surface area (Å²) in [4.78, 5) is 1.09. The molecule has 0 radical (unpaired) electrons. The lowest BCUT2D eigenvalue weighted by atomic mass is 10.0. The minimum Gasteiger partial charge on any atom is -0.486 e. The first-order chi connectivity index (χ1) is 9.70. The van der Waals surface area contributed by atoms with Crippen molar-refractivity contribution in [3.63, 3.8) is 0 Å². The molecular formula is C14H13BrClNO2S. The molecular weight excluding hydrogens is 362 g/mol. The van der Waals surface area contributed by atoms with E-state index in [0.29, 0.717) is 13.2 Å². The Balaban J connectivity index is 2.06. The van der Waals surface area contributed by atoms with Gasteiger partial charge in [0.05, 0.1) is 11.1 Å². The minimum absolute atomic E-state index is 0.0210. The van der Waals surface area contributed by atoms with Gasteiger partial charge in [0.1, 0.15) is 13.2 Å². The molecule has 0 bridgehead atoms. The van der Waals surface area contributed by atoms with Gasteiger partial charge in [0, 0.05) is 9.35 Å². The van der Waals surface area contributed by atoms with Crippen LogP contribution in [0.25, 0.3) is 0 Å². The van der Waals surface area contributed by atoms with Crippen LogP contribution < -0.4 is 14.8 Å². The maximum Gasteiger partial charge on any atom is 0.162 e. The summed E-state index contributed by atoms with van der Waals surface area (Å²) in [5.74, 6) is 1.56. The summed E-state index contributed by atoms with van der Waals surface area (Å²) >= 11 is 11.5. The van der Waals surface area contributed by atoms with Gasteiger partial charge in [0.25, 0.3) is 0 Å². The molecule has 1 aromatic heterocycles. The van der Waals surface area contributed by atoms with Crippen molar-refractivity contribution >= 4 is 38.9 Å². The zero-order chi connectivity index (χ0) is 14.1. The SMILES string of the molecule is CNC(c1cc2c(cc1Br)OCCO2)c1sccc1Cl. The van der Waals surface area contributed by atoms with Gasteiger partial charge in [0.2, 0.25) is 0 Å². The Hall–Kier alpha value is -0.750. The van der Waals surface area contributed by atoms with E-state index < -0.39 is 0 Å². The van der Waals surface area contributed by atoms with Crippen LogP contribution in [0, 0.1) is 0 Å². The van der Waals surface area contributed by atoms with E-state index in [-0.39, 0.29) is 6.04 Å². The predicted molar refractivity (Wildman–Crippen MR) is 85.4 cm³/mol. The van der Waals surface area contributed by atoms with Gasteiger partial charge in [0.15, 0.2) is 11.5 Å². The molecule has 1 atom stereocenters. The molecule has 0 saturated heterocycles. The molecule has 0 saturated carbocycles. The van der Waals surface area contributed by atoms with E-state index in [1.165, 1.54) is 0 Å². The molecule has 3 nitrogen and oxygen atoms in total. The number of halogens is 2. The second-order valence-electron chi connectivity index (χ2n) is 4.37. The van der Waals surface area contributed by atoms with E-state index in [0.717, 1.165) is 31.4 Å². The molecule has 20 heavy (non-hydrogen) atoms. The number of fused-ring (bicyclic) bond motifs is 1. The Kier molecular flexibility index (Phi) is 4.21. The molecule has 3 rings (SSSR count). The third-order valence-electron chi connectivity index (χ3n) is 3.17. The second-order valence-corrected chi connectivity index (χ2v) is 6.58. The van der Waals surface area contributed by atoms with Crippen LogP contribution in [0.4, 0.5) is 0 Å². The van der Waals surface area contributed by atoms with E-state index in [2.05, 4.69) is 21.2 Å². The number of rotatable bonds is 3. The van der Waals surface area contributed by atoms with Gasteiger partial charge in [-0.05, 0) is 36.2 Å². The van der Waals surface area contributed by atoms with Crippen molar-refractivity contribution in [3.8, 4) is 11.5 Å². The summed E-state index contributed by atoms with van der Waals surface area (Å²) in [7, 11) is 1.92. The highest BCUT2D eigenvalue weighted by molar-refractivity contribution is 9.10. The van der Waals surface area contributed by atoms with Gasteiger partial charge in [-0.15, -0.1) is 11.3 Å². The van der Waals surface area contributed by atoms with Crippen molar-refractivity contribution < 1.29 is 9.47 Å². The van der Waals surface area contributed by atoms with Crippen molar-refractivity contribution in [3.05, 3.63) is 43.5 Å². The predicted octanol–water partition coefficient (Wildman–Crippen LogP) is 4.24. The molecule has 0 aliphatic carbocycles. The molecule has 1 unspecified atom stereocenters. The van der Waals surface area contributed by atoms with Gasteiger partial charge in [-0.1, -0.05) is 27.5 Å². The van der Waals surface area contributed by atoms with Crippen LogP contribution in [-0.2, 0) is 0 Å². The normalized spacial score (nSPS) is 15.2. The fraction of sp³-hybridized carbons (Fsp3) is 0.286. The molecule has 0 amide bonds. The van der Waals surface area contributed by atoms with E-state index >= 15 is 0 Å². The number of hydrogen-bond acceptors (Lipinski definition) is 4. The molecule has 1 aromatic carbocycles. The number of nitrogens with one attached hydrogen (secondary N) is 1. The van der Waals surface area contributed by atoms with Gasteiger partial charge in [-0.25, -0.2) is 0 Å². The van der Waals surface area contributed by atoms with Gasteiger partial charge >= 0.3 is 0 Å². The largest absolute Gasteiger partial charge is 0.486 e. The smallest absolute Gasteiger partial charge is 0.162 e. The third kappa shape index (κ3) is 2.55. The highest BCUT2D eigenvalue weighted by Crippen LogP contribution is 2.41. The monoisotopic (exact) mass is 373 g/mol. The summed E-state index contributed by atoms with van der Waals surface area (Å²) < 4.78 is 12.2. The average Bonchev–Trinajstić information content (AvgIpc) is 2.87. The Morgan fingerprint density at radius 2 is 2.00 bits per heavy atom. The summed E-state index contributed by atoms with van der Waals surface area (Å²) in [6, 6.07) is 5.90. The van der Waals surface area contributed by atoms with Gasteiger partial charge in [-0.2, -0.15) is 0 Å². The van der Waals surface area contributed by atoms with Crippen molar-refractivity contribution in [2.24, 2.45) is 0 Å². The molecule has 1 aliphatic heterocycles. The fourth-order valence-corrected chi connectivity index (χ4v) is 4.08. The van der Waals surface area contributed by atoms with Crippen molar-refractivity contribution in [2.75, 3.05) is 20.3 Å². The highest BCUT2D eigenvalue weighted by Gasteiger charge is 2.23. The van der Waals surface area contributed by atoms with E-state index in [1.807, 2.05) is 30.6 Å². The lowest BCUT2D eigenvalue weighted by Gasteiger charge is -2.23. The van der Waals surface area contributed by atoms with Crippen molar-refractivity contribution in [1.29, 1.82) is 0 Å². The zero-order valence-corrected chi connectivity index (χ0v) is 13.9. The van der Waals surface area contributed by atoms with Crippen LogP contribution in [0.5, 0.6) is 11.5 Å². The number of ether oxygens (including phenoxy) is 2. The Bertz CT molecular complexity index is 632. The summed E-state index contributed by atoms with van der Waals surface area (Å²) in [5.41, 5.74) is 1.08. The lowest BCUT2D eigenvalue weighted by Crippen LogP contribution is -2.19. The Labute approximate surface area is 135 Å². The van der Waals surface area contributed by atoms with Crippen LogP contribution in [0.1, 0.15) is 16.5 Å². The van der Waals surface area contributed by atoms with E-state index in [9.17, 15) is 0 Å². The maximum atomic E-state index is 6.26. The molecule has 2 heterocycles. The van der Waals surface area contributed by atoms with E-state index in [1.54, 1.807) is 11.3 Å². The second kappa shape index (κ2) is 5.93. The quantitative estimate of drug-likeness (QED) is 0.871. The first kappa shape index (κ1) is 14.2. The number of thiophene rings is 1. The van der Waals surface area contributed by atoms with Crippen LogP contribution in [0.3, 0.4) is 0 Å². The fourth-order valence-electron chi connectivity index (χ4n) is 2.24. The van der Waals surface area contributed by atoms with E-state index in [4.69, 9.17) is 21.1 Å². The Morgan fingerprint density at radius 1 is 1.30 bits per heavy atom. The molecule has 0 fully saturated rings. The van der Waals surface area contributed by atoms with Gasteiger partial charge in [-0.3, -0.25) is 0 Å². The van der Waals surface area contributed by atoms with Crippen molar-refractivity contribution in [2.45, 2.75) is 6.04 Å². The maximum absolute atomic E-state index is 6.26. The van der Waals surface area contributed by atoms with Gasteiger partial charge < -0.3 is 14.8 Å². The molecule has 0 spiro atoms. The van der Waals surface area contributed by atoms with Crippen LogP contribution >= 0.6 is 38.9 Å². The summed E-state index contributed by atoms with van der Waals surface area (Å²) in [6.07, 6.45) is 0. The van der Waals surface area contributed by atoms with Crippen LogP contribution in [0.15, 0.2) is 28.1 Å². The Morgan fingerprint density at radius 3 is 2.60 bits per heavy atom. The summed E-state index contributed by atoms with van der Waals surface area (Å²) in [6.45, 7) is 1.17. The summed E-state index contributed by atoms with van der Waals surface area (Å²) in [5, 5.41) is 6.08. The standard InChI is InChI=1S/C14H13BrClNO2S/c1-17-13(14-10(16)2-5-20-14)8-6-11-12(7-9(8)15)19-4-3-18-11/h2,5-7,13,17H,3-4H2,1H3.